The first kappa shape index (κ1) is 17.9. The van der Waals surface area contributed by atoms with Gasteiger partial charge in [0.1, 0.15) is 17.3 Å². The summed E-state index contributed by atoms with van der Waals surface area (Å²) in [6, 6.07) is 13.1. The van der Waals surface area contributed by atoms with E-state index in [4.69, 9.17) is 4.74 Å². The summed E-state index contributed by atoms with van der Waals surface area (Å²) in [5.74, 6) is 0.0294. The van der Waals surface area contributed by atoms with Gasteiger partial charge in [0.05, 0.1) is 12.4 Å². The first-order valence-electron chi connectivity index (χ1n) is 7.86. The minimum Gasteiger partial charge on any atom is -0.492 e. The summed E-state index contributed by atoms with van der Waals surface area (Å²) in [4.78, 5) is 12.1. The Morgan fingerprint density at radius 3 is 2.92 bits per heavy atom. The number of tetrazole rings is 1. The lowest BCUT2D eigenvalue weighted by atomic mass is 10.3. The van der Waals surface area contributed by atoms with E-state index in [1.165, 1.54) is 34.6 Å². The van der Waals surface area contributed by atoms with Gasteiger partial charge in [0.15, 0.2) is 0 Å². The molecule has 9 heteroatoms. The molecule has 7 nitrogen and oxygen atoms in total. The van der Waals surface area contributed by atoms with Gasteiger partial charge in [-0.3, -0.25) is 4.79 Å². The van der Waals surface area contributed by atoms with E-state index in [1.54, 1.807) is 6.07 Å². The van der Waals surface area contributed by atoms with Gasteiger partial charge in [-0.15, -0.1) is 5.10 Å². The fourth-order valence-electron chi connectivity index (χ4n) is 2.22. The number of hydrogen-bond donors (Lipinski definition) is 1. The van der Waals surface area contributed by atoms with Crippen LogP contribution in [0.15, 0.2) is 53.7 Å². The van der Waals surface area contributed by atoms with Crippen LogP contribution in [-0.4, -0.2) is 38.5 Å². The zero-order valence-corrected chi connectivity index (χ0v) is 14.7. The molecular formula is C17H16FN5O2S. The number of para-hydroxylation sites is 2. The number of hydrogen-bond acceptors (Lipinski definition) is 6. The number of thioether (sulfide) groups is 1. The lowest BCUT2D eigenvalue weighted by Gasteiger charge is -2.10. The Morgan fingerprint density at radius 2 is 2.12 bits per heavy atom. The van der Waals surface area contributed by atoms with Gasteiger partial charge in [-0.05, 0) is 47.7 Å². The molecule has 0 saturated heterocycles. The van der Waals surface area contributed by atoms with Crippen molar-refractivity contribution in [3.8, 4) is 11.4 Å². The molecule has 0 aliphatic rings. The summed E-state index contributed by atoms with van der Waals surface area (Å²) in [5.41, 5.74) is 1.09. The predicted molar refractivity (Wildman–Crippen MR) is 96.1 cm³/mol. The number of halogens is 1. The minimum atomic E-state index is -0.410. The standard InChI is InChI=1S/C17H16FN5O2S/c1-2-25-15-9-4-3-8-14(15)23-17(20-21-22-23)26-11-16(24)19-13-7-5-6-12(18)10-13/h3-10H,2,11H2,1H3,(H,19,24). The third-order valence-electron chi connectivity index (χ3n) is 3.27. The molecule has 0 spiro atoms. The molecule has 1 amide bonds. The van der Waals surface area contributed by atoms with Crippen molar-refractivity contribution >= 4 is 23.4 Å². The summed E-state index contributed by atoms with van der Waals surface area (Å²) >= 11 is 1.17. The van der Waals surface area contributed by atoms with Crippen LogP contribution >= 0.6 is 11.8 Å². The second-order valence-corrected chi connectivity index (χ2v) is 6.06. The van der Waals surface area contributed by atoms with Crippen LogP contribution in [-0.2, 0) is 4.79 Å². The fourth-order valence-corrected chi connectivity index (χ4v) is 2.91. The maximum atomic E-state index is 13.2. The maximum absolute atomic E-state index is 13.2. The second-order valence-electron chi connectivity index (χ2n) is 5.12. The second kappa shape index (κ2) is 8.43. The van der Waals surface area contributed by atoms with Crippen molar-refractivity contribution in [1.29, 1.82) is 0 Å². The summed E-state index contributed by atoms with van der Waals surface area (Å²) < 4.78 is 20.3. The Labute approximate surface area is 153 Å². The van der Waals surface area contributed by atoms with Crippen molar-refractivity contribution < 1.29 is 13.9 Å². The SMILES string of the molecule is CCOc1ccccc1-n1nnnc1SCC(=O)Nc1cccc(F)c1. The molecule has 1 heterocycles. The lowest BCUT2D eigenvalue weighted by Crippen LogP contribution is -2.14. The van der Waals surface area contributed by atoms with Gasteiger partial charge in [-0.25, -0.2) is 4.39 Å². The van der Waals surface area contributed by atoms with E-state index in [0.29, 0.717) is 28.9 Å². The Kier molecular flexibility index (Phi) is 5.80. The highest BCUT2D eigenvalue weighted by Gasteiger charge is 2.15. The van der Waals surface area contributed by atoms with E-state index in [-0.39, 0.29) is 11.7 Å². The Morgan fingerprint density at radius 1 is 1.27 bits per heavy atom. The highest BCUT2D eigenvalue weighted by atomic mass is 32.2. The maximum Gasteiger partial charge on any atom is 0.234 e. The minimum absolute atomic E-state index is 0.0771. The van der Waals surface area contributed by atoms with Crippen molar-refractivity contribution in [1.82, 2.24) is 20.2 Å². The van der Waals surface area contributed by atoms with E-state index in [1.807, 2.05) is 31.2 Å². The monoisotopic (exact) mass is 373 g/mol. The number of anilines is 1. The van der Waals surface area contributed by atoms with Gasteiger partial charge < -0.3 is 10.1 Å². The summed E-state index contributed by atoms with van der Waals surface area (Å²) in [5, 5.41) is 14.7. The molecule has 1 N–H and O–H groups in total. The molecule has 3 aromatic rings. The third-order valence-corrected chi connectivity index (χ3v) is 4.19. The average molecular weight is 373 g/mol. The number of rotatable bonds is 7. The molecule has 0 saturated carbocycles. The number of nitrogens with zero attached hydrogens (tertiary/aromatic N) is 4. The van der Waals surface area contributed by atoms with Crippen LogP contribution in [0.3, 0.4) is 0 Å². The molecule has 0 radical (unpaired) electrons. The molecule has 0 aliphatic heterocycles. The summed E-state index contributed by atoms with van der Waals surface area (Å²) in [6.07, 6.45) is 0. The first-order valence-corrected chi connectivity index (χ1v) is 8.84. The topological polar surface area (TPSA) is 81.9 Å². The van der Waals surface area contributed by atoms with E-state index in [9.17, 15) is 9.18 Å². The Hall–Kier alpha value is -2.94. The smallest absolute Gasteiger partial charge is 0.234 e. The molecule has 2 aromatic carbocycles. The molecule has 134 valence electrons. The van der Waals surface area contributed by atoms with E-state index in [0.717, 1.165) is 0 Å². The van der Waals surface area contributed by atoms with Crippen LogP contribution in [0.4, 0.5) is 10.1 Å². The summed E-state index contributed by atoms with van der Waals surface area (Å²) in [7, 11) is 0. The number of ether oxygens (including phenoxy) is 1. The quantitative estimate of drug-likeness (QED) is 0.641. The molecule has 0 aliphatic carbocycles. The molecule has 3 rings (SSSR count). The van der Waals surface area contributed by atoms with Crippen molar-refractivity contribution in [2.75, 3.05) is 17.7 Å². The van der Waals surface area contributed by atoms with Gasteiger partial charge in [-0.2, -0.15) is 4.68 Å². The number of benzene rings is 2. The van der Waals surface area contributed by atoms with Crippen molar-refractivity contribution in [2.24, 2.45) is 0 Å². The third kappa shape index (κ3) is 4.37. The highest BCUT2D eigenvalue weighted by molar-refractivity contribution is 7.99. The van der Waals surface area contributed by atoms with Crippen LogP contribution in [0.5, 0.6) is 5.75 Å². The number of carbonyl (C=O) groups is 1. The first-order chi connectivity index (χ1) is 12.7. The fraction of sp³-hybridized carbons (Fsp3) is 0.176. The Balaban J connectivity index is 1.69. The number of nitrogens with one attached hydrogen (secondary N) is 1. The largest absolute Gasteiger partial charge is 0.492 e. The molecule has 1 aromatic heterocycles. The normalized spacial score (nSPS) is 10.5. The van der Waals surface area contributed by atoms with Crippen LogP contribution in [0.25, 0.3) is 5.69 Å². The van der Waals surface area contributed by atoms with Crippen LogP contribution in [0.1, 0.15) is 6.92 Å². The molecule has 0 atom stereocenters. The zero-order valence-electron chi connectivity index (χ0n) is 13.9. The zero-order chi connectivity index (χ0) is 18.4. The molecule has 0 fully saturated rings. The number of aromatic nitrogens is 4. The van der Waals surface area contributed by atoms with Gasteiger partial charge in [0, 0.05) is 5.69 Å². The summed E-state index contributed by atoms with van der Waals surface area (Å²) in [6.45, 7) is 2.40. The molecule has 0 unspecified atom stereocenters. The van der Waals surface area contributed by atoms with Crippen molar-refractivity contribution in [3.63, 3.8) is 0 Å². The van der Waals surface area contributed by atoms with Crippen LogP contribution < -0.4 is 10.1 Å². The highest BCUT2D eigenvalue weighted by Crippen LogP contribution is 2.26. The molecule has 0 bridgehead atoms. The van der Waals surface area contributed by atoms with E-state index >= 15 is 0 Å². The number of amides is 1. The predicted octanol–water partition coefficient (Wildman–Crippen LogP) is 2.93. The molecular weight excluding hydrogens is 357 g/mol. The van der Waals surface area contributed by atoms with Crippen LogP contribution in [0, 0.1) is 5.82 Å². The van der Waals surface area contributed by atoms with Gasteiger partial charge in [-0.1, -0.05) is 30.0 Å². The van der Waals surface area contributed by atoms with E-state index in [2.05, 4.69) is 20.8 Å². The van der Waals surface area contributed by atoms with E-state index < -0.39 is 5.82 Å². The lowest BCUT2D eigenvalue weighted by molar-refractivity contribution is -0.113. The Bertz CT molecular complexity index is 902. The number of carbonyl (C=O) groups excluding carboxylic acids is 1. The van der Waals surface area contributed by atoms with Gasteiger partial charge >= 0.3 is 0 Å². The van der Waals surface area contributed by atoms with Crippen LogP contribution in [0.2, 0.25) is 0 Å². The average Bonchev–Trinajstić information content (AvgIpc) is 3.09. The van der Waals surface area contributed by atoms with Crippen molar-refractivity contribution in [3.05, 3.63) is 54.3 Å². The van der Waals surface area contributed by atoms with Gasteiger partial charge in [0.2, 0.25) is 11.1 Å². The molecule has 26 heavy (non-hydrogen) atoms. The van der Waals surface area contributed by atoms with Crippen molar-refractivity contribution in [2.45, 2.75) is 12.1 Å². The van der Waals surface area contributed by atoms with Gasteiger partial charge in [0.25, 0.3) is 0 Å².